The summed E-state index contributed by atoms with van der Waals surface area (Å²) in [6.45, 7) is 4.81. The van der Waals surface area contributed by atoms with E-state index in [1.807, 2.05) is 30.3 Å². The van der Waals surface area contributed by atoms with Crippen LogP contribution in [0.5, 0.6) is 17.2 Å². The van der Waals surface area contributed by atoms with E-state index in [1.165, 1.54) is 0 Å². The first-order chi connectivity index (χ1) is 15.7. The fourth-order valence-electron chi connectivity index (χ4n) is 4.98. The predicted octanol–water partition coefficient (Wildman–Crippen LogP) is 2.74. The Hall–Kier alpha value is -3.08. The maximum atomic E-state index is 12.9. The molecule has 2 aromatic carbocycles. The molecule has 0 spiro atoms. The van der Waals surface area contributed by atoms with Crippen molar-refractivity contribution in [1.82, 2.24) is 9.80 Å². The quantitative estimate of drug-likeness (QED) is 0.622. The molecule has 2 fully saturated rings. The lowest BCUT2D eigenvalue weighted by atomic mass is 10.1. The van der Waals surface area contributed by atoms with E-state index in [0.29, 0.717) is 61.1 Å². The molecule has 2 atom stereocenters. The molecule has 7 nitrogen and oxygen atoms in total. The van der Waals surface area contributed by atoms with Crippen molar-refractivity contribution in [1.29, 1.82) is 5.26 Å². The maximum absolute atomic E-state index is 12.9. The molecule has 0 amide bonds. The van der Waals surface area contributed by atoms with E-state index >= 15 is 0 Å². The van der Waals surface area contributed by atoms with Crippen LogP contribution >= 0.6 is 0 Å². The van der Waals surface area contributed by atoms with Crippen molar-refractivity contribution in [3.63, 3.8) is 0 Å². The van der Waals surface area contributed by atoms with Crippen LogP contribution in [0, 0.1) is 11.3 Å². The summed E-state index contributed by atoms with van der Waals surface area (Å²) < 4.78 is 17.1. The third-order valence-corrected chi connectivity index (χ3v) is 6.54. The van der Waals surface area contributed by atoms with E-state index in [0.717, 1.165) is 38.2 Å². The molecular weight excluding hydrogens is 406 g/mol. The zero-order valence-corrected chi connectivity index (χ0v) is 18.0. The molecule has 32 heavy (non-hydrogen) atoms. The lowest BCUT2D eigenvalue weighted by molar-refractivity contribution is 0.0523. The Bertz CT molecular complexity index is 1000. The number of piperazine rings is 1. The van der Waals surface area contributed by atoms with Crippen LogP contribution in [-0.4, -0.2) is 73.7 Å². The van der Waals surface area contributed by atoms with E-state index in [2.05, 4.69) is 15.9 Å². The van der Waals surface area contributed by atoms with E-state index in [-0.39, 0.29) is 5.78 Å². The molecule has 0 radical (unpaired) electrons. The molecule has 3 heterocycles. The van der Waals surface area contributed by atoms with Crippen LogP contribution in [0.3, 0.4) is 0 Å². The van der Waals surface area contributed by atoms with Gasteiger partial charge in [0, 0.05) is 37.3 Å². The number of carbonyl (C=O) groups is 1. The zero-order chi connectivity index (χ0) is 21.9. The van der Waals surface area contributed by atoms with Gasteiger partial charge in [-0.15, -0.1) is 0 Å². The number of Topliss-reactive ketones (excluding diaryl/α,β-unsaturated/α-hetero) is 1. The van der Waals surface area contributed by atoms with Gasteiger partial charge in [-0.25, -0.2) is 0 Å². The van der Waals surface area contributed by atoms with Gasteiger partial charge in [0.25, 0.3) is 0 Å². The average Bonchev–Trinajstić information content (AvgIpc) is 3.07. The number of ether oxygens (including phenoxy) is 3. The average molecular weight is 434 g/mol. The maximum Gasteiger partial charge on any atom is 0.176 e. The van der Waals surface area contributed by atoms with Gasteiger partial charge in [0.05, 0.1) is 18.2 Å². The first-order valence-electron chi connectivity index (χ1n) is 11.2. The summed E-state index contributed by atoms with van der Waals surface area (Å²) in [5.41, 5.74) is 1.32. The second kappa shape index (κ2) is 9.19. The van der Waals surface area contributed by atoms with Crippen molar-refractivity contribution >= 4 is 5.78 Å². The monoisotopic (exact) mass is 433 g/mol. The summed E-state index contributed by atoms with van der Waals surface area (Å²) in [6, 6.07) is 15.8. The molecule has 5 rings (SSSR count). The summed E-state index contributed by atoms with van der Waals surface area (Å²) in [6.07, 6.45) is 2.33. The Morgan fingerprint density at radius 3 is 2.47 bits per heavy atom. The van der Waals surface area contributed by atoms with Gasteiger partial charge >= 0.3 is 0 Å². The molecule has 0 aromatic heterocycles. The van der Waals surface area contributed by atoms with Crippen molar-refractivity contribution in [3.05, 3.63) is 53.6 Å². The number of nitrogens with zero attached hydrogens (tertiary/aromatic N) is 3. The van der Waals surface area contributed by atoms with Crippen LogP contribution in [0.1, 0.15) is 28.8 Å². The minimum absolute atomic E-state index is 0.124. The van der Waals surface area contributed by atoms with Crippen LogP contribution in [-0.2, 0) is 0 Å². The molecule has 3 aliphatic rings. The van der Waals surface area contributed by atoms with Crippen molar-refractivity contribution in [2.24, 2.45) is 0 Å². The number of carbonyl (C=O) groups excluding carboxylic acids is 1. The van der Waals surface area contributed by atoms with Crippen molar-refractivity contribution in [3.8, 4) is 23.3 Å². The van der Waals surface area contributed by atoms with Crippen LogP contribution in [0.4, 0.5) is 0 Å². The highest BCUT2D eigenvalue weighted by Gasteiger charge is 2.40. The summed E-state index contributed by atoms with van der Waals surface area (Å²) in [7, 11) is 0. The van der Waals surface area contributed by atoms with Crippen LogP contribution in [0.2, 0.25) is 0 Å². The van der Waals surface area contributed by atoms with Crippen LogP contribution in [0.25, 0.3) is 0 Å². The highest BCUT2D eigenvalue weighted by Crippen LogP contribution is 2.32. The Labute approximate surface area is 188 Å². The molecule has 2 bridgehead atoms. The summed E-state index contributed by atoms with van der Waals surface area (Å²) in [5, 5.41) is 8.89. The van der Waals surface area contributed by atoms with Crippen LogP contribution < -0.4 is 14.2 Å². The lowest BCUT2D eigenvalue weighted by Gasteiger charge is -2.40. The van der Waals surface area contributed by atoms with Gasteiger partial charge in [-0.3, -0.25) is 14.6 Å². The highest BCUT2D eigenvalue weighted by atomic mass is 16.6. The molecule has 166 valence electrons. The van der Waals surface area contributed by atoms with E-state index in [1.54, 1.807) is 12.1 Å². The predicted molar refractivity (Wildman–Crippen MR) is 118 cm³/mol. The van der Waals surface area contributed by atoms with E-state index in [4.69, 9.17) is 19.5 Å². The highest BCUT2D eigenvalue weighted by molar-refractivity contribution is 5.98. The lowest BCUT2D eigenvalue weighted by Crippen LogP contribution is -2.55. The van der Waals surface area contributed by atoms with Crippen molar-refractivity contribution < 1.29 is 19.0 Å². The number of rotatable bonds is 7. The zero-order valence-electron chi connectivity index (χ0n) is 18.0. The number of nitriles is 1. The molecule has 2 saturated heterocycles. The first-order valence-corrected chi connectivity index (χ1v) is 11.2. The largest absolute Gasteiger partial charge is 0.492 e. The van der Waals surface area contributed by atoms with Gasteiger partial charge in [0.15, 0.2) is 17.3 Å². The normalized spacial score (nSPS) is 22.3. The molecule has 0 aliphatic carbocycles. The Morgan fingerprint density at radius 2 is 1.75 bits per heavy atom. The number of benzene rings is 2. The number of hydrogen-bond donors (Lipinski definition) is 0. The SMILES string of the molecule is N#Cc1ccc(OCCN2C3CCC2CN(CC(=O)c2ccc4c(c2)OCCO4)C3)cc1. The topological polar surface area (TPSA) is 75.0 Å². The second-order valence-corrected chi connectivity index (χ2v) is 8.58. The third-order valence-electron chi connectivity index (χ3n) is 6.54. The molecule has 3 aliphatic heterocycles. The number of hydrogen-bond acceptors (Lipinski definition) is 7. The number of fused-ring (bicyclic) bond motifs is 3. The van der Waals surface area contributed by atoms with E-state index in [9.17, 15) is 4.79 Å². The Balaban J connectivity index is 1.13. The molecule has 0 saturated carbocycles. The standard InChI is InChI=1S/C25H27N3O4/c26-14-18-1-6-22(7-2-18)30-10-9-28-20-4-5-21(28)16-27(15-20)17-23(29)19-3-8-24-25(13-19)32-12-11-31-24/h1-3,6-8,13,20-21H,4-5,9-12,15-17H2. The molecular formula is C25H27N3O4. The summed E-state index contributed by atoms with van der Waals surface area (Å²) >= 11 is 0. The van der Waals surface area contributed by atoms with Crippen molar-refractivity contribution in [2.45, 2.75) is 24.9 Å². The van der Waals surface area contributed by atoms with Gasteiger partial charge in [0.2, 0.25) is 0 Å². The van der Waals surface area contributed by atoms with Gasteiger partial charge < -0.3 is 14.2 Å². The second-order valence-electron chi connectivity index (χ2n) is 8.58. The Morgan fingerprint density at radius 1 is 1.03 bits per heavy atom. The van der Waals surface area contributed by atoms with Gasteiger partial charge in [-0.1, -0.05) is 0 Å². The number of ketones is 1. The van der Waals surface area contributed by atoms with Gasteiger partial charge in [0.1, 0.15) is 25.6 Å². The van der Waals surface area contributed by atoms with E-state index < -0.39 is 0 Å². The van der Waals surface area contributed by atoms with Gasteiger partial charge in [-0.05, 0) is 55.3 Å². The molecule has 2 aromatic rings. The van der Waals surface area contributed by atoms with Crippen LogP contribution in [0.15, 0.2) is 42.5 Å². The minimum atomic E-state index is 0.124. The first kappa shape index (κ1) is 20.8. The molecule has 0 N–H and O–H groups in total. The Kier molecular flexibility index (Phi) is 5.97. The van der Waals surface area contributed by atoms with Crippen molar-refractivity contribution in [2.75, 3.05) is 46.0 Å². The summed E-state index contributed by atoms with van der Waals surface area (Å²) in [5.74, 6) is 2.29. The molecule has 2 unspecified atom stereocenters. The minimum Gasteiger partial charge on any atom is -0.492 e. The molecule has 7 heteroatoms. The fraction of sp³-hybridized carbons (Fsp3) is 0.440. The smallest absolute Gasteiger partial charge is 0.176 e. The number of likely N-dealkylation sites (tertiary alicyclic amines) is 1. The summed E-state index contributed by atoms with van der Waals surface area (Å²) in [4.78, 5) is 17.7. The fourth-order valence-corrected chi connectivity index (χ4v) is 4.98. The third kappa shape index (κ3) is 4.43. The van der Waals surface area contributed by atoms with Gasteiger partial charge in [-0.2, -0.15) is 5.26 Å².